The van der Waals surface area contributed by atoms with Crippen LogP contribution >= 0.6 is 11.6 Å². The Morgan fingerprint density at radius 1 is 1.06 bits per heavy atom. The van der Waals surface area contributed by atoms with Crippen LogP contribution in [0.4, 0.5) is 0 Å². The third-order valence-corrected chi connectivity index (χ3v) is 2.74. The van der Waals surface area contributed by atoms with Gasteiger partial charge < -0.3 is 0 Å². The Morgan fingerprint density at radius 2 is 1.88 bits per heavy atom. The molecule has 0 amide bonds. The fraction of sp³-hybridized carbons (Fsp3) is 0. The maximum absolute atomic E-state index is 5.99. The highest BCUT2D eigenvalue weighted by atomic mass is 35.5. The molecular weight excluding hydrogens is 222 g/mol. The smallest absolute Gasteiger partial charge is 0.154 e. The first-order chi connectivity index (χ1) is 7.86. The molecule has 0 bridgehead atoms. The van der Waals surface area contributed by atoms with Gasteiger partial charge in [0, 0.05) is 18.0 Å². The second kappa shape index (κ2) is 3.61. The van der Waals surface area contributed by atoms with Gasteiger partial charge in [-0.05, 0) is 0 Å². The zero-order valence-corrected chi connectivity index (χ0v) is 9.09. The third kappa shape index (κ3) is 1.37. The van der Waals surface area contributed by atoms with E-state index in [9.17, 15) is 0 Å². The SMILES string of the molecule is Clc1nccn2c(-c3ccccc3)ncc12. The van der Waals surface area contributed by atoms with Crippen molar-refractivity contribution in [2.75, 3.05) is 0 Å². The molecule has 3 rings (SSSR count). The molecule has 0 radical (unpaired) electrons. The number of fused-ring (bicyclic) bond motifs is 1. The van der Waals surface area contributed by atoms with Crippen molar-refractivity contribution in [2.24, 2.45) is 0 Å². The zero-order chi connectivity index (χ0) is 11.0. The maximum Gasteiger partial charge on any atom is 0.154 e. The monoisotopic (exact) mass is 229 g/mol. The highest BCUT2D eigenvalue weighted by molar-refractivity contribution is 6.32. The van der Waals surface area contributed by atoms with Crippen molar-refractivity contribution in [1.29, 1.82) is 0 Å². The third-order valence-electron chi connectivity index (χ3n) is 2.44. The normalized spacial score (nSPS) is 10.8. The van der Waals surface area contributed by atoms with E-state index in [2.05, 4.69) is 9.97 Å². The van der Waals surface area contributed by atoms with Gasteiger partial charge in [0.1, 0.15) is 11.3 Å². The second-order valence-corrected chi connectivity index (χ2v) is 3.78. The van der Waals surface area contributed by atoms with Crippen LogP contribution in [0.2, 0.25) is 5.15 Å². The lowest BCUT2D eigenvalue weighted by Gasteiger charge is -2.00. The van der Waals surface area contributed by atoms with E-state index in [4.69, 9.17) is 11.6 Å². The molecule has 0 aliphatic rings. The fourth-order valence-corrected chi connectivity index (χ4v) is 1.89. The van der Waals surface area contributed by atoms with Crippen LogP contribution in [0.25, 0.3) is 16.9 Å². The van der Waals surface area contributed by atoms with Crippen LogP contribution < -0.4 is 0 Å². The lowest BCUT2D eigenvalue weighted by atomic mass is 10.2. The number of hydrogen-bond acceptors (Lipinski definition) is 2. The molecule has 0 aliphatic heterocycles. The Hall–Kier alpha value is -1.87. The minimum absolute atomic E-state index is 0.470. The quantitative estimate of drug-likeness (QED) is 0.642. The van der Waals surface area contributed by atoms with Gasteiger partial charge in [0.05, 0.1) is 6.20 Å². The molecule has 4 heteroatoms. The second-order valence-electron chi connectivity index (χ2n) is 3.42. The summed E-state index contributed by atoms with van der Waals surface area (Å²) >= 11 is 5.99. The average molecular weight is 230 g/mol. The number of benzene rings is 1. The molecule has 16 heavy (non-hydrogen) atoms. The molecule has 0 fully saturated rings. The number of halogens is 1. The van der Waals surface area contributed by atoms with Crippen LogP contribution in [0.15, 0.2) is 48.9 Å². The van der Waals surface area contributed by atoms with E-state index in [1.807, 2.05) is 40.9 Å². The molecule has 78 valence electrons. The highest BCUT2D eigenvalue weighted by Crippen LogP contribution is 2.22. The molecule has 3 aromatic rings. The first kappa shape index (κ1) is 9.36. The van der Waals surface area contributed by atoms with E-state index in [1.165, 1.54) is 0 Å². The molecule has 2 heterocycles. The molecule has 0 saturated heterocycles. The van der Waals surface area contributed by atoms with Crippen LogP contribution in [-0.4, -0.2) is 14.4 Å². The van der Waals surface area contributed by atoms with Crippen molar-refractivity contribution in [1.82, 2.24) is 14.4 Å². The van der Waals surface area contributed by atoms with Gasteiger partial charge in [-0.25, -0.2) is 9.97 Å². The Bertz CT molecular complexity index is 631. The van der Waals surface area contributed by atoms with Crippen molar-refractivity contribution in [3.63, 3.8) is 0 Å². The van der Waals surface area contributed by atoms with Crippen molar-refractivity contribution >= 4 is 17.1 Å². The summed E-state index contributed by atoms with van der Waals surface area (Å²) in [7, 11) is 0. The molecule has 0 N–H and O–H groups in total. The molecule has 0 atom stereocenters. The van der Waals surface area contributed by atoms with E-state index >= 15 is 0 Å². The van der Waals surface area contributed by atoms with Gasteiger partial charge in [-0.15, -0.1) is 0 Å². The summed E-state index contributed by atoms with van der Waals surface area (Å²) in [4.78, 5) is 8.38. The van der Waals surface area contributed by atoms with Gasteiger partial charge in [0.25, 0.3) is 0 Å². The standard InChI is InChI=1S/C12H8ClN3/c13-11-10-8-15-12(16(10)7-6-14-11)9-4-2-1-3-5-9/h1-8H. The lowest BCUT2D eigenvalue weighted by Crippen LogP contribution is -1.90. The van der Waals surface area contributed by atoms with Gasteiger partial charge in [0.2, 0.25) is 0 Å². The van der Waals surface area contributed by atoms with Crippen molar-refractivity contribution in [3.05, 3.63) is 54.1 Å². The van der Waals surface area contributed by atoms with Crippen LogP contribution in [0.1, 0.15) is 0 Å². The summed E-state index contributed by atoms with van der Waals surface area (Å²) in [5, 5.41) is 0.470. The maximum atomic E-state index is 5.99. The zero-order valence-electron chi connectivity index (χ0n) is 8.34. The average Bonchev–Trinajstić information content (AvgIpc) is 2.75. The van der Waals surface area contributed by atoms with E-state index in [-0.39, 0.29) is 0 Å². The first-order valence-electron chi connectivity index (χ1n) is 4.89. The highest BCUT2D eigenvalue weighted by Gasteiger charge is 2.07. The Balaban J connectivity index is 2.30. The minimum Gasteiger partial charge on any atom is -0.295 e. The van der Waals surface area contributed by atoms with Crippen molar-refractivity contribution in [3.8, 4) is 11.4 Å². The summed E-state index contributed by atoms with van der Waals surface area (Å²) < 4.78 is 1.94. The Kier molecular flexibility index (Phi) is 2.11. The van der Waals surface area contributed by atoms with Gasteiger partial charge in [0.15, 0.2) is 5.15 Å². The number of rotatable bonds is 1. The van der Waals surface area contributed by atoms with Gasteiger partial charge in [-0.2, -0.15) is 0 Å². The van der Waals surface area contributed by atoms with Crippen LogP contribution in [0.5, 0.6) is 0 Å². The van der Waals surface area contributed by atoms with Crippen LogP contribution in [0.3, 0.4) is 0 Å². The summed E-state index contributed by atoms with van der Waals surface area (Å²) in [6, 6.07) is 9.98. The van der Waals surface area contributed by atoms with Crippen LogP contribution in [0, 0.1) is 0 Å². The summed E-state index contributed by atoms with van der Waals surface area (Å²) in [5.41, 5.74) is 1.88. The summed E-state index contributed by atoms with van der Waals surface area (Å²) in [6.45, 7) is 0. The van der Waals surface area contributed by atoms with Gasteiger partial charge in [-0.3, -0.25) is 4.40 Å². The van der Waals surface area contributed by atoms with E-state index in [1.54, 1.807) is 12.4 Å². The first-order valence-corrected chi connectivity index (χ1v) is 5.27. The largest absolute Gasteiger partial charge is 0.295 e. The topological polar surface area (TPSA) is 30.2 Å². The number of hydrogen-bond donors (Lipinski definition) is 0. The molecule has 0 spiro atoms. The molecule has 0 unspecified atom stereocenters. The summed E-state index contributed by atoms with van der Waals surface area (Å²) in [5.74, 6) is 0.875. The van der Waals surface area contributed by atoms with Gasteiger partial charge in [-0.1, -0.05) is 41.9 Å². The molecule has 3 nitrogen and oxygen atoms in total. The predicted octanol–water partition coefficient (Wildman–Crippen LogP) is 3.05. The van der Waals surface area contributed by atoms with E-state index < -0.39 is 0 Å². The Morgan fingerprint density at radius 3 is 2.69 bits per heavy atom. The van der Waals surface area contributed by atoms with E-state index in [0.29, 0.717) is 5.15 Å². The number of nitrogens with zero attached hydrogens (tertiary/aromatic N) is 3. The molecule has 0 aliphatic carbocycles. The van der Waals surface area contributed by atoms with Crippen molar-refractivity contribution < 1.29 is 0 Å². The fourth-order valence-electron chi connectivity index (χ4n) is 1.70. The Labute approximate surface area is 97.3 Å². The van der Waals surface area contributed by atoms with E-state index in [0.717, 1.165) is 16.9 Å². The summed E-state index contributed by atoms with van der Waals surface area (Å²) in [6.07, 6.45) is 5.26. The van der Waals surface area contributed by atoms with Gasteiger partial charge >= 0.3 is 0 Å². The van der Waals surface area contributed by atoms with Crippen molar-refractivity contribution in [2.45, 2.75) is 0 Å². The minimum atomic E-state index is 0.470. The lowest BCUT2D eigenvalue weighted by molar-refractivity contribution is 1.12. The molecular formula is C12H8ClN3. The molecule has 2 aromatic heterocycles. The molecule has 0 saturated carbocycles. The number of aromatic nitrogens is 3. The molecule has 1 aromatic carbocycles. The van der Waals surface area contributed by atoms with Crippen LogP contribution in [-0.2, 0) is 0 Å². The predicted molar refractivity (Wildman–Crippen MR) is 63.4 cm³/mol. The number of imidazole rings is 1.